The van der Waals surface area contributed by atoms with Gasteiger partial charge in [-0.1, -0.05) is 46.3 Å². The summed E-state index contributed by atoms with van der Waals surface area (Å²) < 4.78 is 18.3. The Morgan fingerprint density at radius 2 is 1.51 bits per heavy atom. The zero-order valence-corrected chi connectivity index (χ0v) is 22.2. The number of rotatable bonds is 9. The van der Waals surface area contributed by atoms with Crippen molar-refractivity contribution in [2.24, 2.45) is 0 Å². The summed E-state index contributed by atoms with van der Waals surface area (Å²) in [4.78, 5) is 24.7. The molecule has 0 spiro atoms. The van der Waals surface area contributed by atoms with E-state index in [-0.39, 0.29) is 23.9 Å². The highest BCUT2D eigenvalue weighted by atomic mass is 79.9. The highest BCUT2D eigenvalue weighted by Crippen LogP contribution is 2.28. The number of carbonyl (C=O) groups is 2. The number of benzene rings is 3. The zero-order valence-electron chi connectivity index (χ0n) is 18.3. The molecule has 2 amide bonds. The van der Waals surface area contributed by atoms with Gasteiger partial charge in [0.05, 0.1) is 10.0 Å². The normalized spacial score (nSPS) is 10.1. The van der Waals surface area contributed by atoms with Gasteiger partial charge in [-0.2, -0.15) is 0 Å². The molecular formula is C24H21Br2N3O5S. The van der Waals surface area contributed by atoms with E-state index in [4.69, 9.17) is 26.4 Å². The van der Waals surface area contributed by atoms with Gasteiger partial charge in [-0.15, -0.1) is 0 Å². The fourth-order valence-corrected chi connectivity index (χ4v) is 4.01. The monoisotopic (exact) mass is 621 g/mol. The van der Waals surface area contributed by atoms with E-state index < -0.39 is 11.8 Å². The zero-order chi connectivity index (χ0) is 25.0. The van der Waals surface area contributed by atoms with Gasteiger partial charge in [0.15, 0.2) is 11.7 Å². The number of carbonyl (C=O) groups excluding carboxylic acids is 2. The standard InChI is InChI=1S/C24H21Br2N3O5S/c25-16-10-11-21(19(26)14-16)34-15-22(30)28-29-24(35)27-23(31)18-8-4-5-9-20(18)33-13-12-32-17-6-2-1-3-7-17/h1-11,14H,12-13,15H2,(H,28,30)(H2,27,29,31,35). The lowest BCUT2D eigenvalue weighted by Crippen LogP contribution is -2.49. The van der Waals surface area contributed by atoms with Gasteiger partial charge >= 0.3 is 0 Å². The third-order valence-corrected chi connectivity index (χ3v) is 5.60. The number of para-hydroxylation sites is 2. The first kappa shape index (κ1) is 26.5. The molecule has 3 aromatic rings. The molecule has 0 radical (unpaired) electrons. The summed E-state index contributed by atoms with van der Waals surface area (Å²) in [6.07, 6.45) is 0. The molecule has 0 aliphatic carbocycles. The number of ether oxygens (including phenoxy) is 3. The Bertz CT molecular complexity index is 1180. The largest absolute Gasteiger partial charge is 0.490 e. The number of hydrogen-bond acceptors (Lipinski definition) is 6. The van der Waals surface area contributed by atoms with Gasteiger partial charge < -0.3 is 14.2 Å². The lowest BCUT2D eigenvalue weighted by Gasteiger charge is -2.14. The van der Waals surface area contributed by atoms with Crippen molar-refractivity contribution in [1.82, 2.24) is 16.2 Å². The summed E-state index contributed by atoms with van der Waals surface area (Å²) in [5.74, 6) is 0.632. The van der Waals surface area contributed by atoms with Gasteiger partial charge in [-0.3, -0.25) is 25.8 Å². The van der Waals surface area contributed by atoms with Crippen molar-refractivity contribution in [1.29, 1.82) is 0 Å². The average molecular weight is 623 g/mol. The van der Waals surface area contributed by atoms with E-state index in [1.807, 2.05) is 30.3 Å². The van der Waals surface area contributed by atoms with Crippen LogP contribution in [0.3, 0.4) is 0 Å². The molecule has 0 aliphatic rings. The van der Waals surface area contributed by atoms with E-state index >= 15 is 0 Å². The van der Waals surface area contributed by atoms with Crippen molar-refractivity contribution in [3.63, 3.8) is 0 Å². The molecule has 0 heterocycles. The van der Waals surface area contributed by atoms with E-state index in [1.54, 1.807) is 42.5 Å². The molecule has 0 unspecified atom stereocenters. The fraction of sp³-hybridized carbons (Fsp3) is 0.125. The molecule has 182 valence electrons. The Hall–Kier alpha value is -3.15. The third-order valence-electron chi connectivity index (χ3n) is 4.28. The summed E-state index contributed by atoms with van der Waals surface area (Å²) in [7, 11) is 0. The second-order valence-electron chi connectivity index (χ2n) is 6.83. The van der Waals surface area contributed by atoms with Crippen molar-refractivity contribution in [2.75, 3.05) is 19.8 Å². The predicted octanol–water partition coefficient (Wildman–Crippen LogP) is 4.38. The van der Waals surface area contributed by atoms with Crippen LogP contribution in [-0.4, -0.2) is 36.7 Å². The molecule has 3 aromatic carbocycles. The van der Waals surface area contributed by atoms with E-state index in [0.29, 0.717) is 22.6 Å². The van der Waals surface area contributed by atoms with Gasteiger partial charge in [-0.05, 0) is 70.6 Å². The van der Waals surface area contributed by atoms with Gasteiger partial charge in [0.1, 0.15) is 30.5 Å². The van der Waals surface area contributed by atoms with E-state index in [2.05, 4.69) is 48.0 Å². The molecule has 0 saturated carbocycles. The Labute approximate surface area is 224 Å². The highest BCUT2D eigenvalue weighted by Gasteiger charge is 2.14. The summed E-state index contributed by atoms with van der Waals surface area (Å²) >= 11 is 11.8. The van der Waals surface area contributed by atoms with Crippen LogP contribution >= 0.6 is 44.1 Å². The molecule has 0 fully saturated rings. The molecule has 0 saturated heterocycles. The maximum absolute atomic E-state index is 12.7. The van der Waals surface area contributed by atoms with E-state index in [0.717, 1.165) is 10.2 Å². The smallest absolute Gasteiger partial charge is 0.276 e. The predicted molar refractivity (Wildman–Crippen MR) is 143 cm³/mol. The van der Waals surface area contributed by atoms with Crippen LogP contribution in [0.4, 0.5) is 0 Å². The summed E-state index contributed by atoms with van der Waals surface area (Å²) in [5.41, 5.74) is 5.13. The number of hydrogen-bond donors (Lipinski definition) is 3. The van der Waals surface area contributed by atoms with Crippen LogP contribution in [-0.2, 0) is 4.79 Å². The van der Waals surface area contributed by atoms with Crippen LogP contribution in [0.2, 0.25) is 0 Å². The van der Waals surface area contributed by atoms with Crippen molar-refractivity contribution in [3.8, 4) is 17.2 Å². The quantitative estimate of drug-likeness (QED) is 0.185. The first-order chi connectivity index (χ1) is 16.9. The summed E-state index contributed by atoms with van der Waals surface area (Å²) in [6.45, 7) is 0.294. The third kappa shape index (κ3) is 8.85. The van der Waals surface area contributed by atoms with Crippen LogP contribution in [0, 0.1) is 0 Å². The first-order valence-corrected chi connectivity index (χ1v) is 12.3. The van der Waals surface area contributed by atoms with Crippen LogP contribution in [0.15, 0.2) is 81.7 Å². The molecule has 0 aliphatic heterocycles. The van der Waals surface area contributed by atoms with Gasteiger partial charge in [0, 0.05) is 4.47 Å². The maximum atomic E-state index is 12.7. The van der Waals surface area contributed by atoms with Crippen LogP contribution < -0.4 is 30.4 Å². The Morgan fingerprint density at radius 1 is 0.800 bits per heavy atom. The number of halogens is 2. The number of amides is 2. The van der Waals surface area contributed by atoms with Crippen molar-refractivity contribution < 1.29 is 23.8 Å². The Kier molecular flexibility index (Phi) is 10.3. The van der Waals surface area contributed by atoms with Crippen molar-refractivity contribution in [2.45, 2.75) is 0 Å². The summed E-state index contributed by atoms with van der Waals surface area (Å²) in [6, 6.07) is 21.4. The van der Waals surface area contributed by atoms with Crippen molar-refractivity contribution >= 4 is 61.0 Å². The molecule has 35 heavy (non-hydrogen) atoms. The minimum Gasteiger partial charge on any atom is -0.490 e. The maximum Gasteiger partial charge on any atom is 0.276 e. The molecule has 0 aromatic heterocycles. The van der Waals surface area contributed by atoms with Crippen LogP contribution in [0.1, 0.15) is 10.4 Å². The first-order valence-electron chi connectivity index (χ1n) is 10.3. The highest BCUT2D eigenvalue weighted by molar-refractivity contribution is 9.11. The summed E-state index contributed by atoms with van der Waals surface area (Å²) in [5, 5.41) is 2.41. The molecule has 8 nitrogen and oxygen atoms in total. The molecule has 3 rings (SSSR count). The van der Waals surface area contributed by atoms with Gasteiger partial charge in [0.2, 0.25) is 0 Å². The second kappa shape index (κ2) is 13.7. The second-order valence-corrected chi connectivity index (χ2v) is 9.00. The molecule has 11 heteroatoms. The minimum atomic E-state index is -0.494. The lowest BCUT2D eigenvalue weighted by atomic mass is 10.2. The molecule has 0 bridgehead atoms. The van der Waals surface area contributed by atoms with E-state index in [1.165, 1.54) is 0 Å². The topological polar surface area (TPSA) is 97.9 Å². The van der Waals surface area contributed by atoms with Crippen LogP contribution in [0.25, 0.3) is 0 Å². The Balaban J connectivity index is 1.42. The number of hydrazine groups is 1. The minimum absolute atomic E-state index is 0.0876. The molecule has 0 atom stereocenters. The SMILES string of the molecule is O=C(COc1ccc(Br)cc1Br)NNC(=S)NC(=O)c1ccccc1OCCOc1ccccc1. The van der Waals surface area contributed by atoms with Crippen molar-refractivity contribution in [3.05, 3.63) is 87.3 Å². The average Bonchev–Trinajstić information content (AvgIpc) is 2.85. The molecular weight excluding hydrogens is 602 g/mol. The lowest BCUT2D eigenvalue weighted by molar-refractivity contribution is -0.123. The Morgan fingerprint density at radius 3 is 2.29 bits per heavy atom. The fourth-order valence-electron chi connectivity index (χ4n) is 2.71. The number of thiocarbonyl (C=S) groups is 1. The van der Waals surface area contributed by atoms with Gasteiger partial charge in [-0.25, -0.2) is 0 Å². The van der Waals surface area contributed by atoms with E-state index in [9.17, 15) is 9.59 Å². The molecule has 3 N–H and O–H groups in total. The van der Waals surface area contributed by atoms with Crippen LogP contribution in [0.5, 0.6) is 17.2 Å². The number of nitrogens with one attached hydrogen (secondary N) is 3. The van der Waals surface area contributed by atoms with Gasteiger partial charge in [0.25, 0.3) is 11.8 Å².